The maximum atomic E-state index is 13.1. The van der Waals surface area contributed by atoms with Gasteiger partial charge in [-0.25, -0.2) is 8.42 Å². The topological polar surface area (TPSA) is 86.8 Å². The van der Waals surface area contributed by atoms with E-state index >= 15 is 0 Å². The first kappa shape index (κ1) is 23.1. The maximum absolute atomic E-state index is 13.1. The summed E-state index contributed by atoms with van der Waals surface area (Å²) in [6, 6.07) is 11.6. The van der Waals surface area contributed by atoms with Crippen LogP contribution in [-0.4, -0.2) is 49.9 Å². The number of hydrogen-bond donors (Lipinski definition) is 1. The van der Waals surface area contributed by atoms with Crippen molar-refractivity contribution < 1.29 is 18.0 Å². The molecule has 32 heavy (non-hydrogen) atoms. The fourth-order valence-electron chi connectivity index (χ4n) is 3.81. The molecule has 4 rings (SSSR count). The zero-order chi connectivity index (χ0) is 22.9. The van der Waals surface area contributed by atoms with Crippen molar-refractivity contribution in [1.29, 1.82) is 0 Å². The lowest BCUT2D eigenvalue weighted by Gasteiger charge is -2.25. The number of nitrogens with one attached hydrogen (secondary N) is 1. The van der Waals surface area contributed by atoms with Crippen molar-refractivity contribution in [3.05, 3.63) is 47.5 Å². The first-order valence-corrected chi connectivity index (χ1v) is 13.2. The highest BCUT2D eigenvalue weighted by atomic mass is 35.5. The van der Waals surface area contributed by atoms with Crippen LogP contribution in [0.3, 0.4) is 0 Å². The molecule has 0 radical (unpaired) electrons. The van der Waals surface area contributed by atoms with Gasteiger partial charge in [-0.05, 0) is 49.2 Å². The Labute approximate surface area is 197 Å². The molecule has 2 heterocycles. The number of thioether (sulfide) groups is 1. The van der Waals surface area contributed by atoms with Gasteiger partial charge in [0.05, 0.1) is 10.6 Å². The van der Waals surface area contributed by atoms with Crippen molar-refractivity contribution in [2.45, 2.75) is 29.6 Å². The summed E-state index contributed by atoms with van der Waals surface area (Å²) in [6.07, 6.45) is 1.68. The van der Waals surface area contributed by atoms with Gasteiger partial charge < -0.3 is 10.2 Å². The summed E-state index contributed by atoms with van der Waals surface area (Å²) in [5, 5.41) is 3.24. The van der Waals surface area contributed by atoms with Gasteiger partial charge in [0, 0.05) is 40.4 Å². The molecular weight excluding hydrogens is 470 g/mol. The molecule has 1 saturated heterocycles. The van der Waals surface area contributed by atoms with Gasteiger partial charge in [0.2, 0.25) is 21.8 Å². The number of anilines is 2. The van der Waals surface area contributed by atoms with E-state index in [1.54, 1.807) is 36.4 Å². The molecule has 170 valence electrons. The Hall–Kier alpha value is -2.07. The smallest absolute Gasteiger partial charge is 0.244 e. The van der Waals surface area contributed by atoms with Gasteiger partial charge in [-0.15, -0.1) is 11.8 Å². The maximum Gasteiger partial charge on any atom is 0.244 e. The number of benzene rings is 2. The molecule has 0 aliphatic carbocycles. The Morgan fingerprint density at radius 3 is 2.66 bits per heavy atom. The highest BCUT2D eigenvalue weighted by Gasteiger charge is 2.33. The second-order valence-electron chi connectivity index (χ2n) is 7.94. The minimum absolute atomic E-state index is 0.140. The highest BCUT2D eigenvalue weighted by Crippen LogP contribution is 2.38. The van der Waals surface area contributed by atoms with Crippen LogP contribution in [0.2, 0.25) is 5.02 Å². The second kappa shape index (κ2) is 9.43. The lowest BCUT2D eigenvalue weighted by Crippen LogP contribution is -2.41. The van der Waals surface area contributed by atoms with Crippen LogP contribution >= 0.6 is 23.4 Å². The monoisotopic (exact) mass is 493 g/mol. The zero-order valence-corrected chi connectivity index (χ0v) is 20.0. The van der Waals surface area contributed by atoms with Gasteiger partial charge in [-0.1, -0.05) is 24.6 Å². The number of hydrogen-bond acceptors (Lipinski definition) is 5. The molecule has 1 atom stereocenters. The van der Waals surface area contributed by atoms with Crippen molar-refractivity contribution in [3.8, 4) is 0 Å². The third-order valence-electron chi connectivity index (χ3n) is 5.51. The van der Waals surface area contributed by atoms with Crippen LogP contribution in [0, 0.1) is 5.92 Å². The number of nitrogens with zero attached hydrogens (tertiary/aromatic N) is 2. The van der Waals surface area contributed by atoms with E-state index in [-0.39, 0.29) is 23.3 Å². The number of amides is 2. The Morgan fingerprint density at radius 2 is 1.94 bits per heavy atom. The molecule has 1 fully saturated rings. The summed E-state index contributed by atoms with van der Waals surface area (Å²) < 4.78 is 27.6. The predicted molar refractivity (Wildman–Crippen MR) is 127 cm³/mol. The van der Waals surface area contributed by atoms with Crippen molar-refractivity contribution >= 4 is 56.6 Å². The molecule has 2 amide bonds. The molecule has 7 nitrogen and oxygen atoms in total. The normalized spacial score (nSPS) is 19.5. The summed E-state index contributed by atoms with van der Waals surface area (Å²) in [6.45, 7) is 2.58. The molecule has 0 bridgehead atoms. The molecule has 0 spiro atoms. The Balaban J connectivity index is 1.65. The molecular formula is C22H24ClN3O4S2. The quantitative estimate of drug-likeness (QED) is 0.683. The van der Waals surface area contributed by atoms with Crippen LogP contribution in [0.15, 0.2) is 52.3 Å². The number of fused-ring (bicyclic) bond motifs is 1. The summed E-state index contributed by atoms with van der Waals surface area (Å²) >= 11 is 7.48. The van der Waals surface area contributed by atoms with Crippen molar-refractivity contribution in [2.24, 2.45) is 5.92 Å². The summed E-state index contributed by atoms with van der Waals surface area (Å²) in [5.74, 6) is -0.368. The van der Waals surface area contributed by atoms with Crippen LogP contribution in [0.1, 0.15) is 19.8 Å². The first-order valence-electron chi connectivity index (χ1n) is 10.4. The standard InChI is InChI=1S/C22H24ClN3O4S2/c1-15-14-31-20-8-7-18(32(29,30)25-9-2-3-10-25)12-19(20)26(22(15)28)13-21(27)24-17-6-4-5-16(23)11-17/h4-8,11-12,15H,2-3,9-10,13-14H2,1H3,(H,24,27). The molecule has 2 aromatic rings. The van der Waals surface area contributed by atoms with Gasteiger partial charge in [0.1, 0.15) is 6.54 Å². The molecule has 2 aromatic carbocycles. The van der Waals surface area contributed by atoms with E-state index in [1.165, 1.54) is 27.0 Å². The van der Waals surface area contributed by atoms with Gasteiger partial charge in [0.25, 0.3) is 0 Å². The number of rotatable bonds is 5. The van der Waals surface area contributed by atoms with Crippen LogP contribution < -0.4 is 10.2 Å². The van der Waals surface area contributed by atoms with E-state index in [0.717, 1.165) is 17.7 Å². The molecule has 2 aliphatic heterocycles. The van der Waals surface area contributed by atoms with Crippen LogP contribution in [-0.2, 0) is 19.6 Å². The first-order chi connectivity index (χ1) is 15.3. The molecule has 0 aromatic heterocycles. The molecule has 2 aliphatic rings. The van der Waals surface area contributed by atoms with Crippen molar-refractivity contribution in [2.75, 3.05) is 35.6 Å². The third kappa shape index (κ3) is 4.80. The molecule has 0 saturated carbocycles. The molecule has 1 N–H and O–H groups in total. The number of halogens is 1. The van der Waals surface area contributed by atoms with E-state index in [4.69, 9.17) is 11.6 Å². The Kier molecular flexibility index (Phi) is 6.80. The fourth-order valence-corrected chi connectivity index (χ4v) is 6.59. The minimum atomic E-state index is -3.65. The van der Waals surface area contributed by atoms with E-state index in [2.05, 4.69) is 5.32 Å². The minimum Gasteiger partial charge on any atom is -0.324 e. The summed E-state index contributed by atoms with van der Waals surface area (Å²) in [7, 11) is -3.65. The largest absolute Gasteiger partial charge is 0.324 e. The van der Waals surface area contributed by atoms with Gasteiger partial charge in [0.15, 0.2) is 0 Å². The zero-order valence-electron chi connectivity index (χ0n) is 17.6. The van der Waals surface area contributed by atoms with E-state index in [9.17, 15) is 18.0 Å². The van der Waals surface area contributed by atoms with E-state index < -0.39 is 15.9 Å². The number of carbonyl (C=O) groups is 2. The predicted octanol–water partition coefficient (Wildman–Crippen LogP) is 3.84. The summed E-state index contributed by atoms with van der Waals surface area (Å²) in [4.78, 5) is 28.2. The van der Waals surface area contributed by atoms with Crippen LogP contribution in [0.25, 0.3) is 0 Å². The second-order valence-corrected chi connectivity index (χ2v) is 11.4. The number of carbonyl (C=O) groups excluding carboxylic acids is 2. The average Bonchev–Trinajstić information content (AvgIpc) is 3.28. The average molecular weight is 494 g/mol. The van der Waals surface area contributed by atoms with Gasteiger partial charge in [-0.3, -0.25) is 9.59 Å². The molecule has 1 unspecified atom stereocenters. The van der Waals surface area contributed by atoms with Crippen molar-refractivity contribution in [1.82, 2.24) is 4.31 Å². The van der Waals surface area contributed by atoms with Gasteiger partial charge in [-0.2, -0.15) is 4.31 Å². The SMILES string of the molecule is CC1CSc2ccc(S(=O)(=O)N3CCCC3)cc2N(CC(=O)Nc2cccc(Cl)c2)C1=O. The molecule has 10 heteroatoms. The fraction of sp³-hybridized carbons (Fsp3) is 0.364. The van der Waals surface area contributed by atoms with E-state index in [1.807, 2.05) is 6.92 Å². The van der Waals surface area contributed by atoms with Crippen LogP contribution in [0.5, 0.6) is 0 Å². The highest BCUT2D eigenvalue weighted by molar-refractivity contribution is 7.99. The third-order valence-corrected chi connectivity index (χ3v) is 8.96. The lowest BCUT2D eigenvalue weighted by molar-refractivity contribution is -0.123. The number of sulfonamides is 1. The van der Waals surface area contributed by atoms with Gasteiger partial charge >= 0.3 is 0 Å². The van der Waals surface area contributed by atoms with Crippen molar-refractivity contribution in [3.63, 3.8) is 0 Å². The van der Waals surface area contributed by atoms with Crippen LogP contribution in [0.4, 0.5) is 11.4 Å². The lowest BCUT2D eigenvalue weighted by atomic mass is 10.1. The summed E-state index contributed by atoms with van der Waals surface area (Å²) in [5.41, 5.74) is 0.976. The van der Waals surface area contributed by atoms with E-state index in [0.29, 0.717) is 35.2 Å². The Bertz CT molecular complexity index is 1150. The Morgan fingerprint density at radius 1 is 1.19 bits per heavy atom.